The summed E-state index contributed by atoms with van der Waals surface area (Å²) in [6.45, 7) is 2.27. The molecule has 0 saturated heterocycles. The largest absolute Gasteiger partial charge is 0.326 e. The number of benzene rings is 1. The molecule has 0 fully saturated rings. The predicted molar refractivity (Wildman–Crippen MR) is 124 cm³/mol. The Morgan fingerprint density at radius 1 is 0.759 bits per heavy atom. The number of anilines is 1. The van der Waals surface area contributed by atoms with E-state index in [0.29, 0.717) is 19.3 Å². The van der Waals surface area contributed by atoms with E-state index in [0.717, 1.165) is 24.1 Å². The van der Waals surface area contributed by atoms with Crippen LogP contribution in [0.5, 0.6) is 0 Å². The minimum Gasteiger partial charge on any atom is -0.326 e. The normalized spacial score (nSPS) is 10.8. The second-order valence-corrected chi connectivity index (χ2v) is 8.24. The molecule has 3 heteroatoms. The Morgan fingerprint density at radius 2 is 1.24 bits per heavy atom. The van der Waals surface area contributed by atoms with Gasteiger partial charge in [0.25, 0.3) is 0 Å². The summed E-state index contributed by atoms with van der Waals surface area (Å²) in [6, 6.07) is 7.73. The molecule has 1 rings (SSSR count). The Labute approximate surface area is 179 Å². The van der Waals surface area contributed by atoms with E-state index in [-0.39, 0.29) is 5.91 Å². The number of hydrogen-bond acceptors (Lipinski definition) is 2. The molecular formula is C26H42NO2. The summed E-state index contributed by atoms with van der Waals surface area (Å²) in [4.78, 5) is 22.3. The van der Waals surface area contributed by atoms with Crippen LogP contribution >= 0.6 is 0 Å². The fourth-order valence-electron chi connectivity index (χ4n) is 3.65. The molecule has 0 unspecified atom stereocenters. The van der Waals surface area contributed by atoms with Crippen LogP contribution in [0.3, 0.4) is 0 Å². The first kappa shape index (κ1) is 25.4. The van der Waals surface area contributed by atoms with Crippen LogP contribution in [0.4, 0.5) is 5.69 Å². The van der Waals surface area contributed by atoms with Crippen molar-refractivity contribution >= 4 is 17.9 Å². The van der Waals surface area contributed by atoms with E-state index < -0.39 is 0 Å². The maximum atomic E-state index is 12.0. The van der Waals surface area contributed by atoms with Gasteiger partial charge < -0.3 is 5.32 Å². The zero-order valence-corrected chi connectivity index (χ0v) is 18.6. The molecule has 0 aliphatic carbocycles. The fraction of sp³-hybridized carbons (Fsp3) is 0.692. The van der Waals surface area contributed by atoms with Crippen molar-refractivity contribution in [3.8, 4) is 0 Å². The van der Waals surface area contributed by atoms with Gasteiger partial charge in [0, 0.05) is 18.5 Å². The fourth-order valence-corrected chi connectivity index (χ4v) is 3.65. The number of unbranched alkanes of at least 4 members (excludes halogenated alkanes) is 13. The number of carbonyl (C=O) groups is 1. The van der Waals surface area contributed by atoms with E-state index in [4.69, 9.17) is 0 Å². The SMILES string of the molecule is CCCCCCCCCCCCCCCCC(=O)Nc1ccc(CC[C]=O)cc1. The Balaban J connectivity index is 1.90. The lowest BCUT2D eigenvalue weighted by atomic mass is 10.0. The van der Waals surface area contributed by atoms with Crippen molar-refractivity contribution in [3.63, 3.8) is 0 Å². The van der Waals surface area contributed by atoms with Gasteiger partial charge in [-0.05, 0) is 30.5 Å². The third kappa shape index (κ3) is 14.9. The highest BCUT2D eigenvalue weighted by Gasteiger charge is 2.03. The van der Waals surface area contributed by atoms with Crippen LogP contribution in [-0.4, -0.2) is 12.2 Å². The summed E-state index contributed by atoms with van der Waals surface area (Å²) in [5.74, 6) is 0.0953. The minimum atomic E-state index is 0.0953. The molecule has 0 heterocycles. The van der Waals surface area contributed by atoms with E-state index >= 15 is 0 Å². The molecule has 0 atom stereocenters. The summed E-state index contributed by atoms with van der Waals surface area (Å²) < 4.78 is 0. The topological polar surface area (TPSA) is 46.2 Å². The standard InChI is InChI=1S/C26H42NO2/c1-2-3-4-5-6-7-8-9-10-11-12-13-14-15-18-26(29)27-25-21-19-24(20-22-25)17-16-23-28/h19-22H,2-18H2,1H3,(H,27,29). The maximum absolute atomic E-state index is 12.0. The second-order valence-electron chi connectivity index (χ2n) is 8.24. The van der Waals surface area contributed by atoms with Crippen molar-refractivity contribution in [1.29, 1.82) is 0 Å². The number of aryl methyl sites for hydroxylation is 1. The van der Waals surface area contributed by atoms with E-state index in [1.807, 2.05) is 30.6 Å². The molecule has 163 valence electrons. The summed E-state index contributed by atoms with van der Waals surface area (Å²) in [5.41, 5.74) is 1.93. The zero-order chi connectivity index (χ0) is 21.0. The third-order valence-electron chi connectivity index (χ3n) is 5.51. The molecule has 1 radical (unpaired) electrons. The van der Waals surface area contributed by atoms with Gasteiger partial charge in [-0.15, -0.1) is 0 Å². The highest BCUT2D eigenvalue weighted by Crippen LogP contribution is 2.14. The van der Waals surface area contributed by atoms with Gasteiger partial charge in [0.15, 0.2) is 6.29 Å². The Bertz CT molecular complexity index is 524. The Hall–Kier alpha value is -1.64. The van der Waals surface area contributed by atoms with E-state index in [9.17, 15) is 9.59 Å². The van der Waals surface area contributed by atoms with Gasteiger partial charge in [-0.3, -0.25) is 9.59 Å². The monoisotopic (exact) mass is 400 g/mol. The van der Waals surface area contributed by atoms with Crippen LogP contribution < -0.4 is 5.32 Å². The summed E-state index contributed by atoms with van der Waals surface area (Å²) >= 11 is 0. The number of nitrogens with one attached hydrogen (secondary N) is 1. The van der Waals surface area contributed by atoms with Gasteiger partial charge in [-0.1, -0.05) is 103 Å². The van der Waals surface area contributed by atoms with Gasteiger partial charge in [0.05, 0.1) is 0 Å². The van der Waals surface area contributed by atoms with Crippen molar-refractivity contribution < 1.29 is 9.59 Å². The lowest BCUT2D eigenvalue weighted by molar-refractivity contribution is -0.116. The van der Waals surface area contributed by atoms with Crippen LogP contribution in [0.15, 0.2) is 24.3 Å². The van der Waals surface area contributed by atoms with Crippen LogP contribution in [0.1, 0.15) is 115 Å². The number of rotatable bonds is 19. The van der Waals surface area contributed by atoms with Crippen LogP contribution in [0, 0.1) is 0 Å². The number of carbonyl (C=O) groups excluding carboxylic acids is 2. The maximum Gasteiger partial charge on any atom is 0.224 e. The zero-order valence-electron chi connectivity index (χ0n) is 18.6. The van der Waals surface area contributed by atoms with Gasteiger partial charge in [0.2, 0.25) is 5.91 Å². The molecule has 1 aromatic carbocycles. The molecule has 0 spiro atoms. The molecular weight excluding hydrogens is 358 g/mol. The first-order chi connectivity index (χ1) is 14.3. The summed E-state index contributed by atoms with van der Waals surface area (Å²) in [6.07, 6.45) is 22.2. The van der Waals surface area contributed by atoms with Crippen molar-refractivity contribution in [3.05, 3.63) is 29.8 Å². The Kier molecular flexibility index (Phi) is 16.1. The van der Waals surface area contributed by atoms with Crippen LogP contribution in [0.25, 0.3) is 0 Å². The Morgan fingerprint density at radius 3 is 1.72 bits per heavy atom. The van der Waals surface area contributed by atoms with Crippen LogP contribution in [0.2, 0.25) is 0 Å². The average molecular weight is 401 g/mol. The molecule has 0 aliphatic heterocycles. The molecule has 0 saturated carbocycles. The summed E-state index contributed by atoms with van der Waals surface area (Å²) in [5, 5.41) is 2.96. The molecule has 1 N–H and O–H groups in total. The lowest BCUT2D eigenvalue weighted by Gasteiger charge is -2.06. The molecule has 29 heavy (non-hydrogen) atoms. The molecule has 1 amide bonds. The summed E-state index contributed by atoms with van der Waals surface area (Å²) in [7, 11) is 0. The minimum absolute atomic E-state index is 0.0953. The lowest BCUT2D eigenvalue weighted by Crippen LogP contribution is -2.11. The highest BCUT2D eigenvalue weighted by atomic mass is 16.1. The quantitative estimate of drug-likeness (QED) is 0.244. The van der Waals surface area contributed by atoms with E-state index in [1.165, 1.54) is 77.0 Å². The predicted octanol–water partition coefficient (Wildman–Crippen LogP) is 7.54. The first-order valence-corrected chi connectivity index (χ1v) is 12.0. The number of hydrogen-bond donors (Lipinski definition) is 1. The van der Waals surface area contributed by atoms with Crippen molar-refractivity contribution in [1.82, 2.24) is 0 Å². The van der Waals surface area contributed by atoms with Gasteiger partial charge >= 0.3 is 0 Å². The van der Waals surface area contributed by atoms with E-state index in [1.54, 1.807) is 0 Å². The number of amides is 1. The second kappa shape index (κ2) is 18.4. The van der Waals surface area contributed by atoms with Gasteiger partial charge in [-0.2, -0.15) is 0 Å². The van der Waals surface area contributed by atoms with Crippen molar-refractivity contribution in [2.24, 2.45) is 0 Å². The average Bonchev–Trinajstić information content (AvgIpc) is 2.73. The van der Waals surface area contributed by atoms with E-state index in [2.05, 4.69) is 12.2 Å². The van der Waals surface area contributed by atoms with Crippen LogP contribution in [-0.2, 0) is 16.0 Å². The smallest absolute Gasteiger partial charge is 0.224 e. The molecule has 3 nitrogen and oxygen atoms in total. The molecule has 0 aliphatic rings. The first-order valence-electron chi connectivity index (χ1n) is 12.0. The van der Waals surface area contributed by atoms with Crippen molar-refractivity contribution in [2.75, 3.05) is 5.32 Å². The van der Waals surface area contributed by atoms with Gasteiger partial charge in [-0.25, -0.2) is 0 Å². The molecule has 0 bridgehead atoms. The van der Waals surface area contributed by atoms with Crippen molar-refractivity contribution in [2.45, 2.75) is 116 Å². The van der Waals surface area contributed by atoms with Gasteiger partial charge in [0.1, 0.15) is 0 Å². The third-order valence-corrected chi connectivity index (χ3v) is 5.51. The highest BCUT2D eigenvalue weighted by molar-refractivity contribution is 5.90. The molecule has 0 aromatic heterocycles. The molecule has 1 aromatic rings.